The average molecular weight is 203 g/mol. The van der Waals surface area contributed by atoms with Gasteiger partial charge in [-0.25, -0.2) is 0 Å². The van der Waals surface area contributed by atoms with Crippen LogP contribution in [0.2, 0.25) is 0 Å². The largest absolute Gasteiger partial charge is 0.373 e. The fourth-order valence-corrected chi connectivity index (χ4v) is 1.39. The molecule has 1 aromatic rings. The molecule has 0 atom stereocenters. The molecule has 7 heteroatoms. The molecule has 0 aromatic carbocycles. The first-order valence-electron chi connectivity index (χ1n) is 3.00. The molecule has 0 aliphatic heterocycles. The van der Waals surface area contributed by atoms with Crippen LogP contribution in [0.25, 0.3) is 0 Å². The molecule has 0 N–H and O–H groups in total. The molecule has 0 bridgehead atoms. The molecule has 0 amide bonds. The monoisotopic (exact) mass is 203 g/mol. The molecule has 0 saturated heterocycles. The van der Waals surface area contributed by atoms with Crippen molar-refractivity contribution in [1.29, 1.82) is 0 Å². The van der Waals surface area contributed by atoms with Crippen molar-refractivity contribution in [3.8, 4) is 0 Å². The number of nitrogens with zero attached hydrogens (tertiary/aromatic N) is 1. The van der Waals surface area contributed by atoms with Crippen LogP contribution in [0.4, 0.5) is 9.39 Å². The van der Waals surface area contributed by atoms with E-state index < -0.39 is 16.7 Å². The highest BCUT2D eigenvalue weighted by molar-refractivity contribution is 7.17. The molecule has 0 saturated carbocycles. The van der Waals surface area contributed by atoms with Crippen LogP contribution in [0, 0.1) is 10.1 Å². The van der Waals surface area contributed by atoms with Gasteiger partial charge in [-0.2, -0.15) is 4.39 Å². The summed E-state index contributed by atoms with van der Waals surface area (Å²) in [7, 11) is 0. The van der Waals surface area contributed by atoms with E-state index in [1.54, 1.807) is 0 Å². The summed E-state index contributed by atoms with van der Waals surface area (Å²) in [5, 5.41) is 9.83. The van der Waals surface area contributed by atoms with Gasteiger partial charge in [0.05, 0.1) is 9.80 Å². The maximum atomic E-state index is 11.8. The zero-order chi connectivity index (χ0) is 10.0. The number of Topliss-reactive ketones (excluding diaryl/α,β-unsaturated/α-hetero) is 1. The Morgan fingerprint density at radius 3 is 2.46 bits per heavy atom. The van der Waals surface area contributed by atoms with E-state index in [-0.39, 0.29) is 9.88 Å². The van der Waals surface area contributed by atoms with Crippen LogP contribution in [-0.4, -0.2) is 16.7 Å². The van der Waals surface area contributed by atoms with Gasteiger partial charge in [-0.05, 0) is 6.07 Å². The molecule has 13 heavy (non-hydrogen) atoms. The summed E-state index contributed by atoms with van der Waals surface area (Å²) in [6.07, 6.45) is 0. The molecule has 0 aliphatic carbocycles. The van der Waals surface area contributed by atoms with Crippen molar-refractivity contribution in [1.82, 2.24) is 0 Å². The molecule has 0 radical (unpaired) electrons. The number of ketones is 1. The fraction of sp³-hybridized carbons (Fsp3) is 0. The number of hydrogen-bond donors (Lipinski definition) is 0. The molecule has 1 heterocycles. The van der Waals surface area contributed by atoms with Gasteiger partial charge in [-0.1, -0.05) is 11.3 Å². The topological polar surface area (TPSA) is 77.3 Å². The Balaban J connectivity index is 2.99. The molecule has 0 unspecified atom stereocenters. The highest BCUT2D eigenvalue weighted by atomic mass is 32.1. The van der Waals surface area contributed by atoms with E-state index >= 15 is 0 Å². The molecule has 5 nitrogen and oxygen atoms in total. The van der Waals surface area contributed by atoms with E-state index in [9.17, 15) is 24.1 Å². The SMILES string of the molecule is O=C(F)C(=O)c1ccc([N+](=O)[O-])s1. The van der Waals surface area contributed by atoms with Crippen molar-refractivity contribution in [3.05, 3.63) is 27.1 Å². The summed E-state index contributed by atoms with van der Waals surface area (Å²) in [5.74, 6) is -1.35. The van der Waals surface area contributed by atoms with Crippen molar-refractivity contribution in [2.45, 2.75) is 0 Å². The van der Waals surface area contributed by atoms with Gasteiger partial charge in [0.25, 0.3) is 5.78 Å². The van der Waals surface area contributed by atoms with Crippen LogP contribution >= 0.6 is 11.3 Å². The number of hydrogen-bond acceptors (Lipinski definition) is 5. The first-order chi connectivity index (χ1) is 6.02. The first kappa shape index (κ1) is 9.46. The average Bonchev–Trinajstić information content (AvgIpc) is 2.50. The summed E-state index contributed by atoms with van der Waals surface area (Å²) in [6, 6.07) is -0.0274. The lowest BCUT2D eigenvalue weighted by atomic mass is 10.3. The highest BCUT2D eigenvalue weighted by Gasteiger charge is 2.20. The normalized spacial score (nSPS) is 9.62. The lowest BCUT2D eigenvalue weighted by molar-refractivity contribution is -0.380. The maximum absolute atomic E-state index is 11.8. The maximum Gasteiger partial charge on any atom is 0.373 e. The van der Waals surface area contributed by atoms with Gasteiger partial charge in [0.2, 0.25) is 0 Å². The molecule has 0 fully saturated rings. The minimum absolute atomic E-state index is 0.265. The third-order valence-corrected chi connectivity index (χ3v) is 2.21. The van der Waals surface area contributed by atoms with Gasteiger partial charge in [0, 0.05) is 6.07 Å². The minimum atomic E-state index is -2.11. The first-order valence-corrected chi connectivity index (χ1v) is 3.82. The molecule has 1 aromatic heterocycles. The summed E-state index contributed by atoms with van der Waals surface area (Å²) in [5.41, 5.74) is 0. The third-order valence-electron chi connectivity index (χ3n) is 1.17. The van der Waals surface area contributed by atoms with Gasteiger partial charge < -0.3 is 0 Å². The van der Waals surface area contributed by atoms with Gasteiger partial charge in [0.1, 0.15) is 0 Å². The second-order valence-corrected chi connectivity index (χ2v) is 3.06. The molecular formula is C6H2FNO4S. The van der Waals surface area contributed by atoms with Crippen LogP contribution in [-0.2, 0) is 4.79 Å². The number of nitro groups is 1. The quantitative estimate of drug-likeness (QED) is 0.244. The van der Waals surface area contributed by atoms with Crippen molar-refractivity contribution in [2.24, 2.45) is 0 Å². The van der Waals surface area contributed by atoms with E-state index in [2.05, 4.69) is 0 Å². The van der Waals surface area contributed by atoms with E-state index in [0.29, 0.717) is 11.3 Å². The fourth-order valence-electron chi connectivity index (χ4n) is 0.645. The van der Waals surface area contributed by atoms with E-state index in [1.807, 2.05) is 0 Å². The predicted molar refractivity (Wildman–Crippen MR) is 41.4 cm³/mol. The Bertz CT molecular complexity index is 386. The number of rotatable bonds is 3. The lowest BCUT2D eigenvalue weighted by Crippen LogP contribution is -2.05. The van der Waals surface area contributed by atoms with E-state index in [4.69, 9.17) is 0 Å². The van der Waals surface area contributed by atoms with Crippen molar-refractivity contribution >= 4 is 28.2 Å². The summed E-state index contributed by atoms with van der Waals surface area (Å²) in [6.45, 7) is 0. The van der Waals surface area contributed by atoms with E-state index in [1.165, 1.54) is 0 Å². The molecule has 68 valence electrons. The minimum Gasteiger partial charge on any atom is -0.281 e. The Morgan fingerprint density at radius 1 is 1.46 bits per heavy atom. The molecule has 1 rings (SSSR count). The number of halogens is 1. The van der Waals surface area contributed by atoms with E-state index in [0.717, 1.165) is 12.1 Å². The second kappa shape index (κ2) is 3.40. The zero-order valence-corrected chi connectivity index (χ0v) is 6.84. The third kappa shape index (κ3) is 1.94. The Labute approximate surface area is 74.9 Å². The van der Waals surface area contributed by atoms with Crippen LogP contribution in [0.1, 0.15) is 9.67 Å². The predicted octanol–water partition coefficient (Wildman–Crippen LogP) is 1.34. The second-order valence-electron chi connectivity index (χ2n) is 2.00. The van der Waals surface area contributed by atoms with Gasteiger partial charge in [-0.3, -0.25) is 19.7 Å². The van der Waals surface area contributed by atoms with Gasteiger partial charge in [-0.15, -0.1) is 0 Å². The van der Waals surface area contributed by atoms with Crippen LogP contribution < -0.4 is 0 Å². The van der Waals surface area contributed by atoms with Crippen LogP contribution in [0.5, 0.6) is 0 Å². The van der Waals surface area contributed by atoms with Crippen molar-refractivity contribution in [3.63, 3.8) is 0 Å². The smallest absolute Gasteiger partial charge is 0.281 e. The Morgan fingerprint density at radius 2 is 2.08 bits per heavy atom. The number of thiophene rings is 1. The van der Waals surface area contributed by atoms with Gasteiger partial charge in [0.15, 0.2) is 0 Å². The molecule has 0 spiro atoms. The van der Waals surface area contributed by atoms with Gasteiger partial charge >= 0.3 is 11.0 Å². The zero-order valence-electron chi connectivity index (χ0n) is 6.02. The molecule has 0 aliphatic rings. The number of carbonyl (C=O) groups is 2. The lowest BCUT2D eigenvalue weighted by Gasteiger charge is -1.83. The standard InChI is InChI=1S/C6H2FNO4S/c7-6(10)5(9)3-1-2-4(13-3)8(11)12/h1-2H. The summed E-state index contributed by atoms with van der Waals surface area (Å²) >= 11 is 0.468. The highest BCUT2D eigenvalue weighted by Crippen LogP contribution is 2.24. The van der Waals surface area contributed by atoms with Crippen molar-refractivity contribution < 1.29 is 18.9 Å². The molecular weight excluding hydrogens is 201 g/mol. The number of carbonyl (C=O) groups excluding carboxylic acids is 2. The summed E-state index contributed by atoms with van der Waals surface area (Å²) < 4.78 is 11.8. The van der Waals surface area contributed by atoms with Crippen molar-refractivity contribution in [2.75, 3.05) is 0 Å². The van der Waals surface area contributed by atoms with Crippen LogP contribution in [0.15, 0.2) is 12.1 Å². The summed E-state index contributed by atoms with van der Waals surface area (Å²) in [4.78, 5) is 29.7. The Hall–Kier alpha value is -1.63. The van der Waals surface area contributed by atoms with Crippen LogP contribution in [0.3, 0.4) is 0 Å². The Kier molecular flexibility index (Phi) is 2.47.